The molecule has 1 amide bonds. The van der Waals surface area contributed by atoms with E-state index in [9.17, 15) is 4.79 Å². The standard InChI is InChI=1S/C22H40N6O3/c1-16(29)26-9-6-18(7-10-26)28-8-2-3-19(28)22-24-21(25-31-22)17-4-5-20(23-15-17)27-11-13-30-14-12-27/h17-25H,2-15H2,1H3/t17?,19-,20?,21?,22?/m0/s1. The number of nitrogens with zero attached hydrogens (tertiary/aromatic N) is 3. The maximum atomic E-state index is 11.7. The number of hydroxylamine groups is 1. The van der Waals surface area contributed by atoms with Crippen molar-refractivity contribution in [3.63, 3.8) is 0 Å². The molecule has 0 spiro atoms. The van der Waals surface area contributed by atoms with Crippen molar-refractivity contribution < 1.29 is 14.4 Å². The number of carbonyl (C=O) groups excluding carboxylic acids is 1. The Hall–Kier alpha value is -0.810. The monoisotopic (exact) mass is 436 g/mol. The zero-order chi connectivity index (χ0) is 21.2. The number of hydrogen-bond donors (Lipinski definition) is 3. The molecule has 5 atom stereocenters. The van der Waals surface area contributed by atoms with Gasteiger partial charge in [-0.1, -0.05) is 0 Å². The van der Waals surface area contributed by atoms with E-state index >= 15 is 0 Å². The van der Waals surface area contributed by atoms with E-state index in [4.69, 9.17) is 9.57 Å². The van der Waals surface area contributed by atoms with Crippen LogP contribution in [0.3, 0.4) is 0 Å². The van der Waals surface area contributed by atoms with Gasteiger partial charge in [-0.15, -0.1) is 0 Å². The zero-order valence-corrected chi connectivity index (χ0v) is 18.9. The molecule has 0 aromatic heterocycles. The van der Waals surface area contributed by atoms with Crippen LogP contribution in [-0.4, -0.2) is 104 Å². The van der Waals surface area contributed by atoms with Gasteiger partial charge in [0.05, 0.1) is 31.6 Å². The van der Waals surface area contributed by atoms with Crippen LogP contribution in [0, 0.1) is 5.92 Å². The number of nitrogens with one attached hydrogen (secondary N) is 3. The van der Waals surface area contributed by atoms with Gasteiger partial charge < -0.3 is 15.0 Å². The second-order valence-electron chi connectivity index (χ2n) is 9.90. The van der Waals surface area contributed by atoms with Crippen molar-refractivity contribution in [2.45, 2.75) is 76.1 Å². The molecule has 5 aliphatic heterocycles. The first kappa shape index (κ1) is 22.0. The molecule has 5 saturated heterocycles. The number of rotatable bonds is 4. The van der Waals surface area contributed by atoms with Crippen molar-refractivity contribution in [3.8, 4) is 0 Å². The summed E-state index contributed by atoms with van der Waals surface area (Å²) in [7, 11) is 0. The fraction of sp³-hybridized carbons (Fsp3) is 0.955. The van der Waals surface area contributed by atoms with Crippen molar-refractivity contribution in [2.75, 3.05) is 52.5 Å². The van der Waals surface area contributed by atoms with Crippen molar-refractivity contribution >= 4 is 5.91 Å². The topological polar surface area (TPSA) is 81.3 Å². The van der Waals surface area contributed by atoms with Crippen LogP contribution in [0.2, 0.25) is 0 Å². The molecule has 4 unspecified atom stereocenters. The molecule has 3 N–H and O–H groups in total. The smallest absolute Gasteiger partial charge is 0.219 e. The molecule has 31 heavy (non-hydrogen) atoms. The normalized spacial score (nSPS) is 39.3. The number of piperidine rings is 2. The van der Waals surface area contributed by atoms with Gasteiger partial charge in [0.2, 0.25) is 5.91 Å². The third-order valence-electron chi connectivity index (χ3n) is 8.12. The van der Waals surface area contributed by atoms with Crippen LogP contribution in [-0.2, 0) is 14.4 Å². The highest BCUT2D eigenvalue weighted by atomic mass is 16.7. The van der Waals surface area contributed by atoms with Crippen molar-refractivity contribution in [3.05, 3.63) is 0 Å². The first-order chi connectivity index (χ1) is 15.2. The minimum atomic E-state index is 0.0512. The molecule has 5 aliphatic rings. The quantitative estimate of drug-likeness (QED) is 0.564. The first-order valence-electron chi connectivity index (χ1n) is 12.4. The molecule has 0 aliphatic carbocycles. The van der Waals surface area contributed by atoms with Gasteiger partial charge in [0.15, 0.2) is 0 Å². The van der Waals surface area contributed by atoms with Gasteiger partial charge in [-0.2, -0.15) is 5.48 Å². The third-order valence-corrected chi connectivity index (χ3v) is 8.12. The highest BCUT2D eigenvalue weighted by molar-refractivity contribution is 5.73. The number of ether oxygens (including phenoxy) is 1. The van der Waals surface area contributed by atoms with Crippen LogP contribution in [0.1, 0.15) is 45.4 Å². The van der Waals surface area contributed by atoms with E-state index in [-0.39, 0.29) is 18.3 Å². The summed E-state index contributed by atoms with van der Waals surface area (Å²) < 4.78 is 5.49. The predicted molar refractivity (Wildman–Crippen MR) is 117 cm³/mol. The Morgan fingerprint density at radius 3 is 2.48 bits per heavy atom. The highest BCUT2D eigenvalue weighted by Gasteiger charge is 2.43. The Balaban J connectivity index is 1.10. The average molecular weight is 437 g/mol. The fourth-order valence-electron chi connectivity index (χ4n) is 6.27. The summed E-state index contributed by atoms with van der Waals surface area (Å²) in [6.45, 7) is 9.41. The summed E-state index contributed by atoms with van der Waals surface area (Å²) in [5.74, 6) is 0.747. The first-order valence-corrected chi connectivity index (χ1v) is 12.4. The van der Waals surface area contributed by atoms with E-state index in [0.29, 0.717) is 24.2 Å². The molecule has 0 radical (unpaired) electrons. The van der Waals surface area contributed by atoms with Crippen LogP contribution < -0.4 is 16.1 Å². The summed E-state index contributed by atoms with van der Waals surface area (Å²) in [4.78, 5) is 24.9. The zero-order valence-electron chi connectivity index (χ0n) is 18.9. The third kappa shape index (κ3) is 4.93. The number of amides is 1. The molecule has 5 rings (SSSR count). The molecule has 5 heterocycles. The van der Waals surface area contributed by atoms with Gasteiger partial charge in [0.25, 0.3) is 0 Å². The van der Waals surface area contributed by atoms with Crippen LogP contribution in [0.25, 0.3) is 0 Å². The van der Waals surface area contributed by atoms with Gasteiger partial charge in [-0.3, -0.25) is 24.7 Å². The van der Waals surface area contributed by atoms with Gasteiger partial charge in [0.1, 0.15) is 6.23 Å². The maximum Gasteiger partial charge on any atom is 0.219 e. The van der Waals surface area contributed by atoms with E-state index in [1.165, 1.54) is 25.7 Å². The SMILES string of the molecule is CC(=O)N1CCC(N2CCC[C@H]2C2NC(C3CCC(N4CCOCC4)NC3)NO2)CC1. The molecule has 0 bridgehead atoms. The lowest BCUT2D eigenvalue weighted by Gasteiger charge is -2.41. The lowest BCUT2D eigenvalue weighted by molar-refractivity contribution is -0.130. The van der Waals surface area contributed by atoms with E-state index in [1.54, 1.807) is 6.92 Å². The molecule has 9 nitrogen and oxygen atoms in total. The number of morpholine rings is 1. The lowest BCUT2D eigenvalue weighted by Crippen LogP contribution is -2.57. The summed E-state index contributed by atoms with van der Waals surface area (Å²) in [5, 5.41) is 7.55. The van der Waals surface area contributed by atoms with Crippen molar-refractivity contribution in [2.24, 2.45) is 5.92 Å². The molecular weight excluding hydrogens is 396 g/mol. The summed E-state index contributed by atoms with van der Waals surface area (Å²) in [6, 6.07) is 0.988. The predicted octanol–water partition coefficient (Wildman–Crippen LogP) is -0.104. The Bertz CT molecular complexity index is 602. The average Bonchev–Trinajstić information content (AvgIpc) is 3.50. The Kier molecular flexibility index (Phi) is 7.09. The molecule has 9 heteroatoms. The Morgan fingerprint density at radius 2 is 1.77 bits per heavy atom. The fourth-order valence-corrected chi connectivity index (χ4v) is 6.27. The van der Waals surface area contributed by atoms with E-state index < -0.39 is 0 Å². The number of carbonyl (C=O) groups is 1. The molecule has 0 saturated carbocycles. The van der Waals surface area contributed by atoms with E-state index in [1.807, 2.05) is 4.90 Å². The number of likely N-dealkylation sites (tertiary alicyclic amines) is 2. The summed E-state index contributed by atoms with van der Waals surface area (Å²) in [5.41, 5.74) is 3.33. The number of hydrogen-bond acceptors (Lipinski definition) is 8. The minimum absolute atomic E-state index is 0.0512. The van der Waals surface area contributed by atoms with Gasteiger partial charge in [-0.05, 0) is 45.1 Å². The van der Waals surface area contributed by atoms with E-state index in [0.717, 1.165) is 65.3 Å². The van der Waals surface area contributed by atoms with Crippen LogP contribution >= 0.6 is 0 Å². The van der Waals surface area contributed by atoms with Gasteiger partial charge >= 0.3 is 0 Å². The molecule has 5 fully saturated rings. The molecule has 0 aromatic carbocycles. The Morgan fingerprint density at radius 1 is 0.968 bits per heavy atom. The van der Waals surface area contributed by atoms with Crippen LogP contribution in [0.5, 0.6) is 0 Å². The molecular formula is C22H40N6O3. The largest absolute Gasteiger partial charge is 0.379 e. The van der Waals surface area contributed by atoms with Gasteiger partial charge in [-0.25, -0.2) is 0 Å². The maximum absolute atomic E-state index is 11.7. The van der Waals surface area contributed by atoms with Crippen molar-refractivity contribution in [1.29, 1.82) is 0 Å². The van der Waals surface area contributed by atoms with Crippen LogP contribution in [0.15, 0.2) is 0 Å². The summed E-state index contributed by atoms with van der Waals surface area (Å²) >= 11 is 0. The Labute approximate surface area is 186 Å². The van der Waals surface area contributed by atoms with Crippen LogP contribution in [0.4, 0.5) is 0 Å². The van der Waals surface area contributed by atoms with E-state index in [2.05, 4.69) is 25.9 Å². The summed E-state index contributed by atoms with van der Waals surface area (Å²) in [6.07, 6.45) is 7.71. The molecule has 176 valence electrons. The minimum Gasteiger partial charge on any atom is -0.379 e. The molecule has 0 aromatic rings. The highest BCUT2D eigenvalue weighted by Crippen LogP contribution is 2.30. The van der Waals surface area contributed by atoms with Crippen molar-refractivity contribution in [1.82, 2.24) is 30.8 Å². The second-order valence-corrected chi connectivity index (χ2v) is 9.90. The lowest BCUT2D eigenvalue weighted by atomic mass is 9.94. The second kappa shape index (κ2) is 9.99. The van der Waals surface area contributed by atoms with Gasteiger partial charge in [0, 0.05) is 51.6 Å².